The highest BCUT2D eigenvalue weighted by atomic mass is 32.2. The number of nitrogens with zero attached hydrogens (tertiary/aromatic N) is 2. The van der Waals surface area contributed by atoms with Crippen LogP contribution in [0.25, 0.3) is 0 Å². The molecule has 2 aromatic rings. The standard InChI is InChI=1S/C19H18N2O3S/c22-17-12-19(10-11-19)13-25-18(20(17)15-4-2-1-3-5-15)14-6-8-16(9-7-14)21(23)24/h1-9,18H,10-13H2. The van der Waals surface area contributed by atoms with Gasteiger partial charge in [-0.15, -0.1) is 11.8 Å². The highest BCUT2D eigenvalue weighted by Gasteiger charge is 2.49. The monoisotopic (exact) mass is 354 g/mol. The molecule has 1 aliphatic heterocycles. The van der Waals surface area contributed by atoms with Crippen LogP contribution < -0.4 is 4.90 Å². The lowest BCUT2D eigenvalue weighted by molar-refractivity contribution is -0.384. The molecule has 4 rings (SSSR count). The van der Waals surface area contributed by atoms with Crippen molar-refractivity contribution in [1.82, 2.24) is 0 Å². The number of anilines is 1. The first-order chi connectivity index (χ1) is 12.1. The number of hydrogen-bond acceptors (Lipinski definition) is 4. The molecular weight excluding hydrogens is 336 g/mol. The number of benzene rings is 2. The van der Waals surface area contributed by atoms with Gasteiger partial charge in [-0.2, -0.15) is 0 Å². The van der Waals surface area contributed by atoms with Gasteiger partial charge in [0.1, 0.15) is 5.37 Å². The predicted molar refractivity (Wildman–Crippen MR) is 98.5 cm³/mol. The minimum Gasteiger partial charge on any atom is -0.296 e. The maximum atomic E-state index is 13.0. The summed E-state index contributed by atoms with van der Waals surface area (Å²) in [5.41, 5.74) is 2.02. The molecule has 2 aromatic carbocycles. The maximum Gasteiger partial charge on any atom is 0.269 e. The summed E-state index contributed by atoms with van der Waals surface area (Å²) in [6.45, 7) is 0. The van der Waals surface area contributed by atoms with Crippen molar-refractivity contribution < 1.29 is 9.72 Å². The Labute approximate surface area is 150 Å². The number of hydrogen-bond donors (Lipinski definition) is 0. The summed E-state index contributed by atoms with van der Waals surface area (Å²) in [4.78, 5) is 25.4. The third-order valence-corrected chi connectivity index (χ3v) is 6.54. The van der Waals surface area contributed by atoms with Crippen molar-refractivity contribution in [3.63, 3.8) is 0 Å². The van der Waals surface area contributed by atoms with Gasteiger partial charge in [0.15, 0.2) is 0 Å². The number of rotatable bonds is 3. The van der Waals surface area contributed by atoms with Crippen LogP contribution >= 0.6 is 11.8 Å². The van der Waals surface area contributed by atoms with E-state index in [0.29, 0.717) is 6.42 Å². The minimum atomic E-state index is -0.399. The van der Waals surface area contributed by atoms with Crippen LogP contribution in [0.1, 0.15) is 30.2 Å². The number of nitro groups is 1. The molecule has 1 unspecified atom stereocenters. The molecule has 1 saturated heterocycles. The van der Waals surface area contributed by atoms with Crippen LogP contribution in [0, 0.1) is 15.5 Å². The van der Waals surface area contributed by atoms with Gasteiger partial charge in [-0.25, -0.2) is 0 Å². The molecule has 0 radical (unpaired) electrons. The van der Waals surface area contributed by atoms with E-state index in [2.05, 4.69) is 0 Å². The average Bonchev–Trinajstić information content (AvgIpc) is 3.40. The van der Waals surface area contributed by atoms with Gasteiger partial charge in [-0.05, 0) is 48.1 Å². The fraction of sp³-hybridized carbons (Fsp3) is 0.316. The van der Waals surface area contributed by atoms with Gasteiger partial charge in [0.2, 0.25) is 5.91 Å². The number of carbonyl (C=O) groups excluding carboxylic acids is 1. The zero-order valence-corrected chi connectivity index (χ0v) is 14.4. The summed E-state index contributed by atoms with van der Waals surface area (Å²) in [6.07, 6.45) is 2.81. The summed E-state index contributed by atoms with van der Waals surface area (Å²) in [5, 5.41) is 10.8. The van der Waals surface area contributed by atoms with Crippen molar-refractivity contribution in [2.75, 3.05) is 10.7 Å². The summed E-state index contributed by atoms with van der Waals surface area (Å²) in [6, 6.07) is 16.2. The maximum absolute atomic E-state index is 13.0. The van der Waals surface area contributed by atoms with Crippen molar-refractivity contribution in [2.24, 2.45) is 5.41 Å². The molecule has 0 aromatic heterocycles. The number of para-hydroxylation sites is 1. The third kappa shape index (κ3) is 3.14. The van der Waals surface area contributed by atoms with Gasteiger partial charge in [-0.3, -0.25) is 19.8 Å². The van der Waals surface area contributed by atoms with Crippen molar-refractivity contribution in [1.29, 1.82) is 0 Å². The topological polar surface area (TPSA) is 63.4 Å². The molecule has 2 aliphatic rings. The van der Waals surface area contributed by atoms with E-state index < -0.39 is 4.92 Å². The number of carbonyl (C=O) groups is 1. The van der Waals surface area contributed by atoms with Gasteiger partial charge in [0.05, 0.1) is 4.92 Å². The lowest BCUT2D eigenvalue weighted by Crippen LogP contribution is -2.32. The quantitative estimate of drug-likeness (QED) is 0.599. The zero-order valence-electron chi connectivity index (χ0n) is 13.6. The van der Waals surface area contributed by atoms with E-state index in [9.17, 15) is 14.9 Å². The Morgan fingerprint density at radius 2 is 1.76 bits per heavy atom. The summed E-state index contributed by atoms with van der Waals surface area (Å²) >= 11 is 1.76. The predicted octanol–water partition coefficient (Wildman–Crippen LogP) is 4.54. The second-order valence-electron chi connectivity index (χ2n) is 6.79. The largest absolute Gasteiger partial charge is 0.296 e. The summed E-state index contributed by atoms with van der Waals surface area (Å²) < 4.78 is 0. The van der Waals surface area contributed by atoms with Crippen LogP contribution in [0.3, 0.4) is 0 Å². The first kappa shape index (κ1) is 16.1. The van der Waals surface area contributed by atoms with Crippen LogP contribution in [0.5, 0.6) is 0 Å². The number of nitro benzene ring substituents is 1. The highest BCUT2D eigenvalue weighted by molar-refractivity contribution is 7.99. The van der Waals surface area contributed by atoms with Gasteiger partial charge >= 0.3 is 0 Å². The van der Waals surface area contributed by atoms with Gasteiger partial charge < -0.3 is 0 Å². The Balaban J connectivity index is 1.73. The Bertz CT molecular complexity index is 803. The Kier molecular flexibility index (Phi) is 4.00. The first-order valence-corrected chi connectivity index (χ1v) is 9.36. The molecular formula is C19H18N2O3S. The molecule has 6 heteroatoms. The molecule has 1 atom stereocenters. The minimum absolute atomic E-state index is 0.0682. The van der Waals surface area contributed by atoms with Gasteiger partial charge in [-0.1, -0.05) is 18.2 Å². The van der Waals surface area contributed by atoms with Crippen LogP contribution in [0.2, 0.25) is 0 Å². The second-order valence-corrected chi connectivity index (χ2v) is 7.86. The lowest BCUT2D eigenvalue weighted by Gasteiger charge is -2.30. The average molecular weight is 354 g/mol. The normalized spacial score (nSPS) is 21.8. The fourth-order valence-electron chi connectivity index (χ4n) is 3.29. The molecule has 128 valence electrons. The fourth-order valence-corrected chi connectivity index (χ4v) is 4.93. The van der Waals surface area contributed by atoms with E-state index >= 15 is 0 Å². The Hall–Kier alpha value is -2.34. The van der Waals surface area contributed by atoms with E-state index in [1.54, 1.807) is 23.9 Å². The second kappa shape index (κ2) is 6.19. The van der Waals surface area contributed by atoms with Crippen molar-refractivity contribution >= 4 is 29.0 Å². The smallest absolute Gasteiger partial charge is 0.269 e. The van der Waals surface area contributed by atoms with E-state index in [-0.39, 0.29) is 22.4 Å². The number of amides is 1. The highest BCUT2D eigenvalue weighted by Crippen LogP contribution is 2.56. The first-order valence-electron chi connectivity index (χ1n) is 8.31. The van der Waals surface area contributed by atoms with Crippen LogP contribution in [-0.4, -0.2) is 16.6 Å². The molecule has 0 bridgehead atoms. The molecule has 1 aliphatic carbocycles. The van der Waals surface area contributed by atoms with E-state index in [1.165, 1.54) is 12.1 Å². The van der Waals surface area contributed by atoms with Gasteiger partial charge in [0.25, 0.3) is 5.69 Å². The molecule has 2 fully saturated rings. The third-order valence-electron chi connectivity index (χ3n) is 4.96. The number of non-ortho nitro benzene ring substituents is 1. The molecule has 1 amide bonds. The molecule has 1 heterocycles. The van der Waals surface area contributed by atoms with Crippen molar-refractivity contribution in [3.8, 4) is 0 Å². The Morgan fingerprint density at radius 3 is 2.36 bits per heavy atom. The zero-order chi connectivity index (χ0) is 17.4. The molecule has 5 nitrogen and oxygen atoms in total. The van der Waals surface area contributed by atoms with E-state index in [4.69, 9.17) is 0 Å². The van der Waals surface area contributed by atoms with Crippen LogP contribution in [0.15, 0.2) is 54.6 Å². The summed E-state index contributed by atoms with van der Waals surface area (Å²) in [5.74, 6) is 1.08. The number of thioether (sulfide) groups is 1. The SMILES string of the molecule is O=C1CC2(CC2)CSC(c2ccc([N+](=O)[O-])cc2)N1c1ccccc1. The molecule has 1 saturated carbocycles. The van der Waals surface area contributed by atoms with Crippen molar-refractivity contribution in [2.45, 2.75) is 24.6 Å². The molecule has 25 heavy (non-hydrogen) atoms. The van der Waals surface area contributed by atoms with Gasteiger partial charge in [0, 0.05) is 30.0 Å². The van der Waals surface area contributed by atoms with Crippen LogP contribution in [-0.2, 0) is 4.79 Å². The molecule has 0 N–H and O–H groups in total. The van der Waals surface area contributed by atoms with Crippen molar-refractivity contribution in [3.05, 3.63) is 70.3 Å². The Morgan fingerprint density at radius 1 is 1.08 bits per heavy atom. The van der Waals surface area contributed by atoms with E-state index in [0.717, 1.165) is 29.8 Å². The van der Waals surface area contributed by atoms with Crippen LogP contribution in [0.4, 0.5) is 11.4 Å². The summed E-state index contributed by atoms with van der Waals surface area (Å²) in [7, 11) is 0. The molecule has 1 spiro atoms. The van der Waals surface area contributed by atoms with E-state index in [1.807, 2.05) is 35.2 Å². The lowest BCUT2D eigenvalue weighted by atomic mass is 10.0.